The molecule has 1 atom stereocenters. The lowest BCUT2D eigenvalue weighted by Gasteiger charge is -2.33. The normalized spacial score (nSPS) is 16.2. The lowest BCUT2D eigenvalue weighted by molar-refractivity contribution is -0.118. The molecule has 0 radical (unpaired) electrons. The number of piperazine rings is 1. The number of benzene rings is 1. The summed E-state index contributed by atoms with van der Waals surface area (Å²) in [6.07, 6.45) is 7.23. The number of aromatic nitrogens is 4. The molecular formula is C24H32Cl2N8O3. The first kappa shape index (κ1) is 28.4. The van der Waals surface area contributed by atoms with Crippen molar-refractivity contribution in [2.24, 2.45) is 5.73 Å². The lowest BCUT2D eigenvalue weighted by Crippen LogP contribution is -2.46. The summed E-state index contributed by atoms with van der Waals surface area (Å²) in [7, 11) is 0. The zero-order valence-corrected chi connectivity index (χ0v) is 22.2. The summed E-state index contributed by atoms with van der Waals surface area (Å²) < 4.78 is 1.82. The molecule has 2 fully saturated rings. The fourth-order valence-electron chi connectivity index (χ4n) is 4.08. The third kappa shape index (κ3) is 8.17. The van der Waals surface area contributed by atoms with Crippen LogP contribution in [0.4, 0.5) is 10.6 Å². The van der Waals surface area contributed by atoms with Crippen molar-refractivity contribution in [3.05, 3.63) is 46.2 Å². The van der Waals surface area contributed by atoms with Gasteiger partial charge in [-0.1, -0.05) is 35.7 Å². The second-order valence-corrected chi connectivity index (χ2v) is 9.49. The first-order valence-corrected chi connectivity index (χ1v) is 12.8. The molecule has 37 heavy (non-hydrogen) atoms. The van der Waals surface area contributed by atoms with Crippen molar-refractivity contribution in [3.8, 4) is 0 Å². The number of carboxylic acid groups (broad SMARTS) is 1. The van der Waals surface area contributed by atoms with Crippen molar-refractivity contribution in [1.82, 2.24) is 30.0 Å². The van der Waals surface area contributed by atoms with E-state index in [0.29, 0.717) is 28.8 Å². The molecule has 200 valence electrons. The van der Waals surface area contributed by atoms with Crippen LogP contribution in [0.2, 0.25) is 10.0 Å². The van der Waals surface area contributed by atoms with Crippen LogP contribution in [-0.4, -0.2) is 81.5 Å². The molecule has 5 rings (SSSR count). The summed E-state index contributed by atoms with van der Waals surface area (Å²) in [5, 5.41) is 16.1. The molecule has 2 aliphatic heterocycles. The Morgan fingerprint density at radius 1 is 1.14 bits per heavy atom. The van der Waals surface area contributed by atoms with Crippen LogP contribution in [0, 0.1) is 0 Å². The average Bonchev–Trinajstić information content (AvgIpc) is 3.33. The van der Waals surface area contributed by atoms with Crippen molar-refractivity contribution in [2.45, 2.75) is 32.2 Å². The minimum atomic E-state index is -1.33. The van der Waals surface area contributed by atoms with Gasteiger partial charge in [0.15, 0.2) is 5.65 Å². The Hall–Kier alpha value is -3.15. The van der Waals surface area contributed by atoms with Crippen LogP contribution in [0.1, 0.15) is 37.8 Å². The van der Waals surface area contributed by atoms with E-state index in [4.69, 9.17) is 38.1 Å². The van der Waals surface area contributed by atoms with Gasteiger partial charge in [-0.3, -0.25) is 4.79 Å². The molecule has 0 spiro atoms. The Balaban J connectivity index is 0.000000320. The number of carbonyl (C=O) groups excluding carboxylic acids is 1. The Morgan fingerprint density at radius 2 is 1.81 bits per heavy atom. The fraction of sp³-hybridized carbons (Fsp3) is 0.458. The molecule has 2 amide bonds. The zero-order chi connectivity index (χ0) is 26.8. The molecule has 13 heteroatoms. The van der Waals surface area contributed by atoms with Crippen LogP contribution in [0.5, 0.6) is 0 Å². The summed E-state index contributed by atoms with van der Waals surface area (Å²) in [6.45, 7) is 7.33. The summed E-state index contributed by atoms with van der Waals surface area (Å²) in [6, 6.07) is 5.32. The van der Waals surface area contributed by atoms with Crippen molar-refractivity contribution >= 4 is 52.7 Å². The number of primary amides is 1. The first-order chi connectivity index (χ1) is 17.8. The van der Waals surface area contributed by atoms with E-state index >= 15 is 0 Å². The molecule has 0 unspecified atom stereocenters. The van der Waals surface area contributed by atoms with Gasteiger partial charge in [-0.05, 0) is 50.6 Å². The van der Waals surface area contributed by atoms with Gasteiger partial charge < -0.3 is 26.0 Å². The minimum Gasteiger partial charge on any atom is -0.465 e. The van der Waals surface area contributed by atoms with E-state index in [2.05, 4.69) is 26.0 Å². The van der Waals surface area contributed by atoms with Crippen LogP contribution in [0.15, 0.2) is 30.6 Å². The number of nitrogens with zero attached hydrogens (tertiary/aromatic N) is 6. The molecule has 11 nitrogen and oxygen atoms in total. The molecule has 0 aliphatic carbocycles. The summed E-state index contributed by atoms with van der Waals surface area (Å²) in [5.74, 6) is 0.782. The second kappa shape index (κ2) is 14.0. The van der Waals surface area contributed by atoms with Crippen molar-refractivity contribution in [1.29, 1.82) is 0 Å². The van der Waals surface area contributed by atoms with E-state index in [0.717, 1.165) is 36.4 Å². The molecule has 0 bridgehead atoms. The number of anilines is 1. The standard InChI is InChI=1S/C18H18Cl2N6O.C5H11N.CH3NO2/c1-12(14-3-2-13(19)8-15(14)20)26-18-16(9-22-26)21-10-17(23-18)25-6-4-24(11-27)5-7-25;1-2-4-6-5-3-1;2-1(3)4/h2-3,8-12H,4-7H2,1H3;6H,1-5H2;2H2,(H,3,4)/t12-;;/m1../s1. The molecule has 0 saturated carbocycles. The highest BCUT2D eigenvalue weighted by Crippen LogP contribution is 2.30. The smallest absolute Gasteiger partial charge is 0.402 e. The van der Waals surface area contributed by atoms with Gasteiger partial charge in [-0.15, -0.1) is 0 Å². The summed E-state index contributed by atoms with van der Waals surface area (Å²) >= 11 is 12.4. The number of amides is 2. The molecule has 2 aromatic heterocycles. The molecule has 3 aromatic rings. The Bertz CT molecular complexity index is 1160. The van der Waals surface area contributed by atoms with Crippen molar-refractivity contribution in [2.75, 3.05) is 44.2 Å². The Labute approximate surface area is 225 Å². The maximum atomic E-state index is 10.9. The topological polar surface area (TPSA) is 142 Å². The number of nitrogens with one attached hydrogen (secondary N) is 1. The van der Waals surface area contributed by atoms with E-state index in [9.17, 15) is 4.79 Å². The van der Waals surface area contributed by atoms with Gasteiger partial charge in [0.05, 0.1) is 18.4 Å². The predicted octanol–water partition coefficient (Wildman–Crippen LogP) is 3.40. The number of hydrogen-bond donors (Lipinski definition) is 3. The van der Waals surface area contributed by atoms with E-state index < -0.39 is 6.09 Å². The lowest BCUT2D eigenvalue weighted by atomic mass is 10.1. The monoisotopic (exact) mass is 550 g/mol. The maximum Gasteiger partial charge on any atom is 0.402 e. The molecule has 4 heterocycles. The highest BCUT2D eigenvalue weighted by molar-refractivity contribution is 6.35. The van der Waals surface area contributed by atoms with Gasteiger partial charge in [-0.25, -0.2) is 19.4 Å². The first-order valence-electron chi connectivity index (χ1n) is 12.1. The summed E-state index contributed by atoms with van der Waals surface area (Å²) in [5.41, 5.74) is 6.36. The van der Waals surface area contributed by atoms with Crippen LogP contribution >= 0.6 is 23.2 Å². The number of carbonyl (C=O) groups is 2. The van der Waals surface area contributed by atoms with Gasteiger partial charge in [-0.2, -0.15) is 5.10 Å². The van der Waals surface area contributed by atoms with Crippen LogP contribution in [-0.2, 0) is 4.79 Å². The molecule has 2 saturated heterocycles. The number of rotatable bonds is 4. The number of hydrogen-bond acceptors (Lipinski definition) is 7. The molecule has 4 N–H and O–H groups in total. The number of piperidine rings is 1. The van der Waals surface area contributed by atoms with Gasteiger partial charge in [0, 0.05) is 36.2 Å². The Kier molecular flexibility index (Phi) is 10.7. The average molecular weight is 551 g/mol. The highest BCUT2D eigenvalue weighted by atomic mass is 35.5. The van der Waals surface area contributed by atoms with Crippen LogP contribution in [0.25, 0.3) is 11.2 Å². The van der Waals surface area contributed by atoms with E-state index in [1.165, 1.54) is 32.4 Å². The molecular weight excluding hydrogens is 519 g/mol. The number of nitrogens with two attached hydrogens (primary N) is 1. The SMILES string of the molecule is C1CCNCC1.C[C@H](c1ccc(Cl)cc1Cl)n1ncc2ncc(N3CCN(C=O)CC3)nc21.NC(=O)O. The predicted molar refractivity (Wildman–Crippen MR) is 144 cm³/mol. The maximum absolute atomic E-state index is 10.9. The quantitative estimate of drug-likeness (QED) is 0.419. The van der Waals surface area contributed by atoms with Crippen molar-refractivity contribution in [3.63, 3.8) is 0 Å². The zero-order valence-electron chi connectivity index (χ0n) is 20.7. The van der Waals surface area contributed by atoms with Crippen LogP contribution < -0.4 is 16.0 Å². The Morgan fingerprint density at radius 3 is 2.35 bits per heavy atom. The van der Waals surface area contributed by atoms with E-state index in [1.54, 1.807) is 23.4 Å². The van der Waals surface area contributed by atoms with Gasteiger partial charge in [0.2, 0.25) is 6.41 Å². The molecule has 2 aliphatic rings. The third-order valence-corrected chi connectivity index (χ3v) is 6.63. The van der Waals surface area contributed by atoms with Gasteiger partial charge in [0.1, 0.15) is 11.3 Å². The van der Waals surface area contributed by atoms with Gasteiger partial charge in [0.25, 0.3) is 0 Å². The highest BCUT2D eigenvalue weighted by Gasteiger charge is 2.20. The third-order valence-electron chi connectivity index (χ3n) is 6.06. The van der Waals surface area contributed by atoms with Gasteiger partial charge >= 0.3 is 6.09 Å². The summed E-state index contributed by atoms with van der Waals surface area (Å²) in [4.78, 5) is 32.9. The minimum absolute atomic E-state index is 0.122. The van der Waals surface area contributed by atoms with E-state index in [-0.39, 0.29) is 6.04 Å². The fourth-order valence-corrected chi connectivity index (χ4v) is 4.64. The second-order valence-electron chi connectivity index (χ2n) is 8.65. The molecule has 1 aromatic carbocycles. The number of halogens is 2. The van der Waals surface area contributed by atoms with Crippen LogP contribution in [0.3, 0.4) is 0 Å². The van der Waals surface area contributed by atoms with Crippen molar-refractivity contribution < 1.29 is 14.7 Å². The largest absolute Gasteiger partial charge is 0.465 e. The van der Waals surface area contributed by atoms with E-state index in [1.807, 2.05) is 23.7 Å². The number of fused-ring (bicyclic) bond motifs is 1.